The first-order valence-electron chi connectivity index (χ1n) is 4.89. The fraction of sp³-hybridized carbons (Fsp3) is 0.364. The summed E-state index contributed by atoms with van der Waals surface area (Å²) in [5, 5.41) is 14.8. The Balaban J connectivity index is 2.86. The fourth-order valence-electron chi connectivity index (χ4n) is 1.26. The van der Waals surface area contributed by atoms with E-state index in [9.17, 15) is 9.90 Å². The molecule has 0 heterocycles. The van der Waals surface area contributed by atoms with Gasteiger partial charge in [0.15, 0.2) is 0 Å². The Hall–Kier alpha value is -1.71. The van der Waals surface area contributed by atoms with Crippen LogP contribution in [-0.2, 0) is 0 Å². The number of benzene rings is 1. The molecule has 0 radical (unpaired) electrons. The summed E-state index contributed by atoms with van der Waals surface area (Å²) in [5.74, 6) is 0.244. The van der Waals surface area contributed by atoms with E-state index in [0.717, 1.165) is 16.8 Å². The van der Waals surface area contributed by atoms with Crippen LogP contribution in [0.1, 0.15) is 18.1 Å². The van der Waals surface area contributed by atoms with Crippen molar-refractivity contribution in [2.75, 3.05) is 11.9 Å². The molecule has 0 bridgehead atoms. The Morgan fingerprint density at radius 1 is 1.33 bits per heavy atom. The van der Waals surface area contributed by atoms with E-state index < -0.39 is 0 Å². The highest BCUT2D eigenvalue weighted by Gasteiger charge is 2.06. The molecule has 1 aromatic carbocycles. The Morgan fingerprint density at radius 3 is 2.60 bits per heavy atom. The largest absolute Gasteiger partial charge is 0.508 e. The second-order valence-corrected chi connectivity index (χ2v) is 3.44. The zero-order valence-electron chi connectivity index (χ0n) is 9.22. The zero-order chi connectivity index (χ0) is 11.4. The normalized spacial score (nSPS) is 9.80. The molecule has 1 rings (SSSR count). The van der Waals surface area contributed by atoms with Gasteiger partial charge in [-0.25, -0.2) is 4.79 Å². The number of amides is 2. The maximum Gasteiger partial charge on any atom is 0.319 e. The average Bonchev–Trinajstić information content (AvgIpc) is 2.14. The molecule has 0 aliphatic heterocycles. The van der Waals surface area contributed by atoms with E-state index in [1.807, 2.05) is 13.8 Å². The number of aromatic hydroxyl groups is 1. The molecule has 0 aliphatic rings. The summed E-state index contributed by atoms with van der Waals surface area (Å²) < 4.78 is 0. The Bertz CT molecular complexity index is 375. The predicted octanol–water partition coefficient (Wildman–Crippen LogP) is 2.15. The van der Waals surface area contributed by atoms with Gasteiger partial charge in [-0.05, 0) is 44.0 Å². The number of nitrogens with one attached hydrogen (secondary N) is 2. The molecule has 1 aromatic rings. The molecular formula is C11H16N2O2. The molecule has 2 amide bonds. The molecule has 0 saturated carbocycles. The lowest BCUT2D eigenvalue weighted by molar-refractivity contribution is 0.252. The Labute approximate surface area is 89.3 Å². The van der Waals surface area contributed by atoms with E-state index in [1.165, 1.54) is 0 Å². The average molecular weight is 208 g/mol. The highest BCUT2D eigenvalue weighted by molar-refractivity contribution is 5.90. The van der Waals surface area contributed by atoms with Crippen molar-refractivity contribution in [2.24, 2.45) is 0 Å². The second kappa shape index (κ2) is 4.68. The molecule has 4 heteroatoms. The van der Waals surface area contributed by atoms with Crippen LogP contribution in [0.25, 0.3) is 0 Å². The van der Waals surface area contributed by atoms with Crippen LogP contribution in [0.4, 0.5) is 10.5 Å². The van der Waals surface area contributed by atoms with Gasteiger partial charge in [-0.1, -0.05) is 0 Å². The summed E-state index contributed by atoms with van der Waals surface area (Å²) >= 11 is 0. The molecule has 15 heavy (non-hydrogen) atoms. The zero-order valence-corrected chi connectivity index (χ0v) is 9.22. The third-order valence-electron chi connectivity index (χ3n) is 2.13. The first kappa shape index (κ1) is 11.4. The lowest BCUT2D eigenvalue weighted by Gasteiger charge is -2.10. The van der Waals surface area contributed by atoms with E-state index in [4.69, 9.17) is 0 Å². The molecule has 0 unspecified atom stereocenters. The minimum atomic E-state index is -0.231. The predicted molar refractivity (Wildman–Crippen MR) is 60.3 cm³/mol. The lowest BCUT2D eigenvalue weighted by Crippen LogP contribution is -2.28. The first-order chi connectivity index (χ1) is 7.04. The number of phenolic OH excluding ortho intramolecular Hbond substituents is 1. The first-order valence-corrected chi connectivity index (χ1v) is 4.89. The molecule has 3 N–H and O–H groups in total. The van der Waals surface area contributed by atoms with Gasteiger partial charge in [0, 0.05) is 12.2 Å². The fourth-order valence-corrected chi connectivity index (χ4v) is 1.26. The number of carbonyl (C=O) groups excluding carboxylic acids is 1. The highest BCUT2D eigenvalue weighted by atomic mass is 16.3. The molecule has 0 aromatic heterocycles. The summed E-state index contributed by atoms with van der Waals surface area (Å²) in [4.78, 5) is 11.3. The summed E-state index contributed by atoms with van der Waals surface area (Å²) in [6.45, 7) is 6.06. The van der Waals surface area contributed by atoms with Crippen LogP contribution in [0.3, 0.4) is 0 Å². The molecule has 0 saturated heterocycles. The highest BCUT2D eigenvalue weighted by Crippen LogP contribution is 2.24. The van der Waals surface area contributed by atoms with E-state index in [2.05, 4.69) is 10.6 Å². The number of hydrogen-bond acceptors (Lipinski definition) is 2. The summed E-state index contributed by atoms with van der Waals surface area (Å²) in [6, 6.07) is 3.15. The molecule has 0 aliphatic carbocycles. The summed E-state index contributed by atoms with van der Waals surface area (Å²) in [5.41, 5.74) is 2.30. The van der Waals surface area contributed by atoms with Crippen molar-refractivity contribution in [2.45, 2.75) is 20.8 Å². The minimum Gasteiger partial charge on any atom is -0.508 e. The van der Waals surface area contributed by atoms with Crippen LogP contribution in [0.5, 0.6) is 5.75 Å². The van der Waals surface area contributed by atoms with Gasteiger partial charge in [0.2, 0.25) is 0 Å². The van der Waals surface area contributed by atoms with Crippen molar-refractivity contribution in [3.8, 4) is 5.75 Å². The van der Waals surface area contributed by atoms with Crippen LogP contribution in [0.15, 0.2) is 12.1 Å². The smallest absolute Gasteiger partial charge is 0.319 e. The van der Waals surface area contributed by atoms with Crippen LogP contribution in [0, 0.1) is 13.8 Å². The van der Waals surface area contributed by atoms with Gasteiger partial charge in [-0.15, -0.1) is 0 Å². The van der Waals surface area contributed by atoms with Gasteiger partial charge in [0.25, 0.3) is 0 Å². The van der Waals surface area contributed by atoms with E-state index in [1.54, 1.807) is 19.1 Å². The van der Waals surface area contributed by atoms with Crippen molar-refractivity contribution in [1.82, 2.24) is 5.32 Å². The van der Waals surface area contributed by atoms with Gasteiger partial charge >= 0.3 is 6.03 Å². The maximum atomic E-state index is 11.3. The SMILES string of the molecule is CCNC(=O)Nc1cc(C)c(O)cc1C. The summed E-state index contributed by atoms with van der Waals surface area (Å²) in [7, 11) is 0. The van der Waals surface area contributed by atoms with Gasteiger partial charge in [0.1, 0.15) is 5.75 Å². The quantitative estimate of drug-likeness (QED) is 0.652. The van der Waals surface area contributed by atoms with E-state index in [-0.39, 0.29) is 11.8 Å². The number of carbonyl (C=O) groups is 1. The molecule has 0 spiro atoms. The second-order valence-electron chi connectivity index (χ2n) is 3.44. The van der Waals surface area contributed by atoms with E-state index >= 15 is 0 Å². The Kier molecular flexibility index (Phi) is 3.55. The van der Waals surface area contributed by atoms with Gasteiger partial charge in [-0.2, -0.15) is 0 Å². The monoisotopic (exact) mass is 208 g/mol. The number of phenols is 1. The van der Waals surface area contributed by atoms with Crippen molar-refractivity contribution < 1.29 is 9.90 Å². The third-order valence-corrected chi connectivity index (χ3v) is 2.13. The standard InChI is InChI=1S/C11H16N2O2/c1-4-12-11(15)13-9-5-8(3)10(14)6-7(9)2/h5-6,14H,4H2,1-3H3,(H2,12,13,15). The molecule has 0 fully saturated rings. The minimum absolute atomic E-state index is 0.231. The summed E-state index contributed by atoms with van der Waals surface area (Å²) in [6.07, 6.45) is 0. The molecule has 0 atom stereocenters. The number of urea groups is 1. The molecule has 4 nitrogen and oxygen atoms in total. The van der Waals surface area contributed by atoms with Crippen LogP contribution in [-0.4, -0.2) is 17.7 Å². The topological polar surface area (TPSA) is 61.4 Å². The van der Waals surface area contributed by atoms with Gasteiger partial charge < -0.3 is 15.7 Å². The molecular weight excluding hydrogens is 192 g/mol. The number of aryl methyl sites for hydroxylation is 2. The number of rotatable bonds is 2. The van der Waals surface area contributed by atoms with Gasteiger partial charge in [0.05, 0.1) is 0 Å². The van der Waals surface area contributed by atoms with Crippen molar-refractivity contribution in [1.29, 1.82) is 0 Å². The maximum absolute atomic E-state index is 11.3. The Morgan fingerprint density at radius 2 is 2.00 bits per heavy atom. The van der Waals surface area contributed by atoms with Crippen LogP contribution >= 0.6 is 0 Å². The lowest BCUT2D eigenvalue weighted by atomic mass is 10.1. The van der Waals surface area contributed by atoms with E-state index in [0.29, 0.717) is 6.54 Å². The van der Waals surface area contributed by atoms with Crippen LogP contribution in [0.2, 0.25) is 0 Å². The number of hydrogen-bond donors (Lipinski definition) is 3. The van der Waals surface area contributed by atoms with Crippen molar-refractivity contribution in [3.05, 3.63) is 23.3 Å². The molecule has 82 valence electrons. The van der Waals surface area contributed by atoms with Crippen molar-refractivity contribution in [3.63, 3.8) is 0 Å². The third kappa shape index (κ3) is 2.87. The number of anilines is 1. The van der Waals surface area contributed by atoms with Crippen LogP contribution < -0.4 is 10.6 Å². The van der Waals surface area contributed by atoms with Crippen molar-refractivity contribution >= 4 is 11.7 Å². The van der Waals surface area contributed by atoms with Gasteiger partial charge in [-0.3, -0.25) is 0 Å².